The van der Waals surface area contributed by atoms with Gasteiger partial charge in [-0.2, -0.15) is 31.3 Å². The predicted molar refractivity (Wildman–Crippen MR) is 105 cm³/mol. The molecule has 1 unspecified atom stereocenters. The third kappa shape index (κ3) is 10.7. The van der Waals surface area contributed by atoms with Crippen molar-refractivity contribution in [2.24, 2.45) is 7.05 Å². The van der Waals surface area contributed by atoms with Gasteiger partial charge in [0.1, 0.15) is 5.82 Å². The van der Waals surface area contributed by atoms with Crippen LogP contribution in [0.5, 0.6) is 0 Å². The monoisotopic (exact) mass is 508 g/mol. The van der Waals surface area contributed by atoms with Crippen LogP contribution in [0.2, 0.25) is 0 Å². The van der Waals surface area contributed by atoms with Crippen LogP contribution in [-0.4, -0.2) is 96.8 Å². The zero-order chi connectivity index (χ0) is 27.0. The Hall–Kier alpha value is -3.11. The summed E-state index contributed by atoms with van der Waals surface area (Å²) in [6.07, 6.45) is -10.2. The van der Waals surface area contributed by atoms with Gasteiger partial charge in [-0.25, -0.2) is 14.4 Å². The van der Waals surface area contributed by atoms with Gasteiger partial charge in [0, 0.05) is 38.8 Å². The van der Waals surface area contributed by atoms with Gasteiger partial charge in [0.25, 0.3) is 0 Å². The molecule has 196 valence electrons. The van der Waals surface area contributed by atoms with E-state index in [1.165, 1.54) is 0 Å². The van der Waals surface area contributed by atoms with Crippen LogP contribution in [0.4, 0.5) is 37.1 Å². The van der Waals surface area contributed by atoms with E-state index in [2.05, 4.69) is 41.1 Å². The lowest BCUT2D eigenvalue weighted by molar-refractivity contribution is -0.193. The molecule has 17 heteroatoms. The van der Waals surface area contributed by atoms with Gasteiger partial charge < -0.3 is 15.1 Å². The molecule has 1 atom stereocenters. The van der Waals surface area contributed by atoms with Gasteiger partial charge in [-0.1, -0.05) is 0 Å². The van der Waals surface area contributed by atoms with Crippen molar-refractivity contribution in [3.8, 4) is 0 Å². The molecule has 1 fully saturated rings. The summed E-state index contributed by atoms with van der Waals surface area (Å²) in [6.45, 7) is 10.8. The Bertz CT molecular complexity index is 798. The number of rotatable bonds is 2. The Morgan fingerprint density at radius 2 is 1.47 bits per heavy atom. The number of carboxylic acids is 2. The summed E-state index contributed by atoms with van der Waals surface area (Å²) in [6, 6.07) is 0.758. The Morgan fingerprint density at radius 3 is 1.76 bits per heavy atom. The molecule has 2 amide bonds. The maximum absolute atomic E-state index is 12.2. The summed E-state index contributed by atoms with van der Waals surface area (Å²) < 4.78 is 65.1. The number of carboxylic acid groups (broad SMARTS) is 2. The molecule has 0 saturated carbocycles. The lowest BCUT2D eigenvalue weighted by atomic mass is 10.1. The largest absolute Gasteiger partial charge is 0.490 e. The average Bonchev–Trinajstić information content (AvgIpc) is 2.97. The van der Waals surface area contributed by atoms with Crippen molar-refractivity contribution in [1.82, 2.24) is 24.6 Å². The zero-order valence-corrected chi connectivity index (χ0v) is 18.9. The number of carbonyl (C=O) groups excluding carboxylic acids is 1. The van der Waals surface area contributed by atoms with E-state index in [0.29, 0.717) is 18.0 Å². The zero-order valence-electron chi connectivity index (χ0n) is 18.9. The number of halogens is 6. The number of aliphatic carboxylic acids is 2. The average molecular weight is 508 g/mol. The van der Waals surface area contributed by atoms with Crippen molar-refractivity contribution in [3.63, 3.8) is 0 Å². The number of anilines is 1. The molecule has 3 N–H and O–H groups in total. The highest BCUT2D eigenvalue weighted by Gasteiger charge is 2.38. The number of hydrogen-bond donors (Lipinski definition) is 3. The van der Waals surface area contributed by atoms with Crippen LogP contribution < -0.4 is 5.32 Å². The molecular formula is C17H26F6N6O5. The first-order valence-electron chi connectivity index (χ1n) is 9.56. The number of aromatic nitrogens is 3. The minimum atomic E-state index is -5.08. The summed E-state index contributed by atoms with van der Waals surface area (Å²) in [7, 11) is 1.81. The standard InChI is InChI=1S/C13H24N6O.2C2HF3O2/c1-9(2)19-7-6-18(8-10(19)3)13(20)15-12-14-11(4)17(5)16-12;2*3-2(4,5)1(6)7/h9-10H,6-8H2,1-5H3,(H,15,16,20);2*(H,6,7). The third-order valence-corrected chi connectivity index (χ3v) is 4.31. The van der Waals surface area contributed by atoms with E-state index < -0.39 is 24.3 Å². The topological polar surface area (TPSA) is 141 Å². The second-order valence-corrected chi connectivity index (χ2v) is 7.27. The summed E-state index contributed by atoms with van der Waals surface area (Å²) in [5, 5.41) is 21.2. The Kier molecular flexibility index (Phi) is 11.2. The highest BCUT2D eigenvalue weighted by Crippen LogP contribution is 2.15. The Morgan fingerprint density at radius 1 is 1.03 bits per heavy atom. The molecule has 0 radical (unpaired) electrons. The number of aryl methyl sites for hydroxylation is 2. The number of amides is 2. The number of nitrogens with one attached hydrogen (secondary N) is 1. The first kappa shape index (κ1) is 30.9. The van der Waals surface area contributed by atoms with Crippen molar-refractivity contribution >= 4 is 23.9 Å². The fourth-order valence-electron chi connectivity index (χ4n) is 2.61. The fourth-order valence-corrected chi connectivity index (χ4v) is 2.61. The van der Waals surface area contributed by atoms with E-state index in [1.54, 1.807) is 4.68 Å². The van der Waals surface area contributed by atoms with Gasteiger partial charge in [-0.3, -0.25) is 14.9 Å². The first-order chi connectivity index (χ1) is 15.3. The molecule has 2 heterocycles. The van der Waals surface area contributed by atoms with E-state index in [1.807, 2.05) is 18.9 Å². The molecule has 0 bridgehead atoms. The van der Waals surface area contributed by atoms with Gasteiger partial charge >= 0.3 is 30.3 Å². The van der Waals surface area contributed by atoms with Crippen LogP contribution in [0.3, 0.4) is 0 Å². The summed E-state index contributed by atoms with van der Waals surface area (Å²) >= 11 is 0. The van der Waals surface area contributed by atoms with Crippen LogP contribution in [0.15, 0.2) is 0 Å². The van der Waals surface area contributed by atoms with Crippen molar-refractivity contribution in [3.05, 3.63) is 5.82 Å². The predicted octanol–water partition coefficient (Wildman–Crippen LogP) is 2.34. The number of nitrogens with zero attached hydrogens (tertiary/aromatic N) is 5. The molecule has 1 saturated heterocycles. The second kappa shape index (κ2) is 12.4. The van der Waals surface area contributed by atoms with Crippen LogP contribution >= 0.6 is 0 Å². The van der Waals surface area contributed by atoms with Crippen molar-refractivity contribution in [2.45, 2.75) is 52.1 Å². The van der Waals surface area contributed by atoms with Crippen LogP contribution in [0.1, 0.15) is 26.6 Å². The normalized spacial score (nSPS) is 16.7. The summed E-state index contributed by atoms with van der Waals surface area (Å²) in [4.78, 5) is 38.4. The second-order valence-electron chi connectivity index (χ2n) is 7.27. The quantitative estimate of drug-likeness (QED) is 0.517. The molecule has 34 heavy (non-hydrogen) atoms. The van der Waals surface area contributed by atoms with E-state index in [0.717, 1.165) is 25.5 Å². The fraction of sp³-hybridized carbons (Fsp3) is 0.706. The van der Waals surface area contributed by atoms with Crippen molar-refractivity contribution in [2.75, 3.05) is 25.0 Å². The maximum atomic E-state index is 12.2. The number of urea groups is 1. The molecule has 1 aromatic rings. The molecule has 0 aromatic carbocycles. The Labute approximate surface area is 190 Å². The summed E-state index contributed by atoms with van der Waals surface area (Å²) in [5.41, 5.74) is 0. The minimum Gasteiger partial charge on any atom is -0.475 e. The number of hydrogen-bond acceptors (Lipinski definition) is 6. The van der Waals surface area contributed by atoms with Crippen molar-refractivity contribution in [1.29, 1.82) is 0 Å². The first-order valence-corrected chi connectivity index (χ1v) is 9.56. The minimum absolute atomic E-state index is 0.120. The SMILES string of the molecule is Cc1nc(NC(=O)N2CCN(C(C)C)C(C)C2)nn1C.O=C(O)C(F)(F)F.O=C(O)C(F)(F)F. The van der Waals surface area contributed by atoms with Gasteiger partial charge in [-0.15, -0.1) is 5.10 Å². The number of alkyl halides is 6. The number of piperazine rings is 1. The molecule has 0 spiro atoms. The molecule has 1 aliphatic rings. The van der Waals surface area contributed by atoms with E-state index in [-0.39, 0.29) is 6.03 Å². The Balaban J connectivity index is 0.000000642. The molecule has 1 aliphatic heterocycles. The lowest BCUT2D eigenvalue weighted by Crippen LogP contribution is -2.56. The van der Waals surface area contributed by atoms with Gasteiger partial charge in [0.2, 0.25) is 5.95 Å². The number of carbonyl (C=O) groups is 3. The lowest BCUT2D eigenvalue weighted by Gasteiger charge is -2.41. The third-order valence-electron chi connectivity index (χ3n) is 4.31. The van der Waals surface area contributed by atoms with Gasteiger partial charge in [-0.05, 0) is 27.7 Å². The molecule has 11 nitrogen and oxygen atoms in total. The van der Waals surface area contributed by atoms with E-state index in [9.17, 15) is 31.1 Å². The van der Waals surface area contributed by atoms with E-state index >= 15 is 0 Å². The van der Waals surface area contributed by atoms with Crippen molar-refractivity contribution < 1.29 is 50.9 Å². The summed E-state index contributed by atoms with van der Waals surface area (Å²) in [5.74, 6) is -4.37. The highest BCUT2D eigenvalue weighted by molar-refractivity contribution is 5.87. The molecular weight excluding hydrogens is 482 g/mol. The smallest absolute Gasteiger partial charge is 0.475 e. The molecule has 2 rings (SSSR count). The highest BCUT2D eigenvalue weighted by atomic mass is 19.4. The van der Waals surface area contributed by atoms with Crippen LogP contribution in [-0.2, 0) is 16.6 Å². The maximum Gasteiger partial charge on any atom is 0.490 e. The molecule has 0 aliphatic carbocycles. The van der Waals surface area contributed by atoms with Gasteiger partial charge in [0.15, 0.2) is 0 Å². The van der Waals surface area contributed by atoms with Crippen LogP contribution in [0, 0.1) is 6.92 Å². The van der Waals surface area contributed by atoms with E-state index in [4.69, 9.17) is 19.8 Å². The van der Waals surface area contributed by atoms with Crippen LogP contribution in [0.25, 0.3) is 0 Å². The van der Waals surface area contributed by atoms with Gasteiger partial charge in [0.05, 0.1) is 0 Å². The molecule has 1 aromatic heterocycles.